The highest BCUT2D eigenvalue weighted by Gasteiger charge is 2.16. The summed E-state index contributed by atoms with van der Waals surface area (Å²) in [5, 5.41) is 7.63. The highest BCUT2D eigenvalue weighted by atomic mass is 79.9. The van der Waals surface area contributed by atoms with Crippen molar-refractivity contribution in [3.05, 3.63) is 29.4 Å². The summed E-state index contributed by atoms with van der Waals surface area (Å²) in [7, 11) is 0. The SMILES string of the molecule is Nc1ncnn2c(Br)cc(-c3cnn(C(F)F)c3)c12. The molecule has 3 aromatic rings. The molecule has 3 aromatic heterocycles. The van der Waals surface area contributed by atoms with Crippen LogP contribution in [-0.2, 0) is 0 Å². The highest BCUT2D eigenvalue weighted by molar-refractivity contribution is 9.10. The van der Waals surface area contributed by atoms with Crippen LogP contribution >= 0.6 is 15.9 Å². The van der Waals surface area contributed by atoms with Gasteiger partial charge in [-0.25, -0.2) is 14.2 Å². The van der Waals surface area contributed by atoms with E-state index in [-0.39, 0.29) is 5.82 Å². The molecule has 0 aliphatic heterocycles. The number of nitrogen functional groups attached to an aromatic ring is 1. The Morgan fingerprint density at radius 3 is 2.79 bits per heavy atom. The van der Waals surface area contributed by atoms with E-state index in [1.54, 1.807) is 6.07 Å². The first-order chi connectivity index (χ1) is 9.08. The maximum atomic E-state index is 12.5. The van der Waals surface area contributed by atoms with Gasteiger partial charge in [0.25, 0.3) is 0 Å². The lowest BCUT2D eigenvalue weighted by Crippen LogP contribution is -1.99. The van der Waals surface area contributed by atoms with Gasteiger partial charge >= 0.3 is 6.55 Å². The first kappa shape index (κ1) is 12.0. The molecule has 0 aliphatic carbocycles. The van der Waals surface area contributed by atoms with Crippen LogP contribution in [0.25, 0.3) is 16.6 Å². The molecule has 3 heterocycles. The summed E-state index contributed by atoms with van der Waals surface area (Å²) in [4.78, 5) is 3.90. The van der Waals surface area contributed by atoms with Crippen LogP contribution in [0.15, 0.2) is 29.4 Å². The fourth-order valence-electron chi connectivity index (χ4n) is 1.83. The molecule has 0 aliphatic rings. The monoisotopic (exact) mass is 328 g/mol. The van der Waals surface area contributed by atoms with E-state index in [9.17, 15) is 8.78 Å². The molecule has 0 aromatic carbocycles. The topological polar surface area (TPSA) is 74.0 Å². The number of anilines is 1. The van der Waals surface area contributed by atoms with Gasteiger partial charge in [0.1, 0.15) is 16.4 Å². The largest absolute Gasteiger partial charge is 0.382 e. The molecular formula is C10H7BrF2N6. The van der Waals surface area contributed by atoms with E-state index in [1.807, 2.05) is 0 Å². The molecule has 0 amide bonds. The fraction of sp³-hybridized carbons (Fsp3) is 0.100. The minimum atomic E-state index is -2.68. The van der Waals surface area contributed by atoms with Crippen molar-refractivity contribution in [2.45, 2.75) is 6.55 Å². The third-order valence-electron chi connectivity index (χ3n) is 2.65. The van der Waals surface area contributed by atoms with E-state index in [0.717, 1.165) is 0 Å². The number of nitrogens with two attached hydrogens (primary N) is 1. The molecule has 0 unspecified atom stereocenters. The minimum absolute atomic E-state index is 0.264. The number of fused-ring (bicyclic) bond motifs is 1. The van der Waals surface area contributed by atoms with Gasteiger partial charge in [0.15, 0.2) is 5.82 Å². The molecule has 0 spiro atoms. The Morgan fingerprint density at radius 1 is 1.32 bits per heavy atom. The van der Waals surface area contributed by atoms with Crippen molar-refractivity contribution in [3.63, 3.8) is 0 Å². The lowest BCUT2D eigenvalue weighted by Gasteiger charge is -2.00. The molecule has 6 nitrogen and oxygen atoms in total. The van der Waals surface area contributed by atoms with Crippen LogP contribution in [0.2, 0.25) is 0 Å². The van der Waals surface area contributed by atoms with Gasteiger partial charge in [0.2, 0.25) is 0 Å². The van der Waals surface area contributed by atoms with E-state index < -0.39 is 6.55 Å². The quantitative estimate of drug-likeness (QED) is 0.783. The lowest BCUT2D eigenvalue weighted by molar-refractivity contribution is 0.0566. The molecule has 98 valence electrons. The zero-order valence-electron chi connectivity index (χ0n) is 9.33. The average molecular weight is 329 g/mol. The van der Waals surface area contributed by atoms with E-state index in [1.165, 1.54) is 23.2 Å². The van der Waals surface area contributed by atoms with Crippen molar-refractivity contribution in [2.24, 2.45) is 0 Å². The van der Waals surface area contributed by atoms with E-state index in [2.05, 4.69) is 31.1 Å². The summed E-state index contributed by atoms with van der Waals surface area (Å²) in [6, 6.07) is 1.73. The third kappa shape index (κ3) is 1.86. The van der Waals surface area contributed by atoms with Gasteiger partial charge in [-0.1, -0.05) is 0 Å². The van der Waals surface area contributed by atoms with Crippen LogP contribution < -0.4 is 5.73 Å². The average Bonchev–Trinajstić information content (AvgIpc) is 2.95. The van der Waals surface area contributed by atoms with Crippen molar-refractivity contribution in [3.8, 4) is 11.1 Å². The van der Waals surface area contributed by atoms with Gasteiger partial charge in [-0.15, -0.1) is 0 Å². The first-order valence-corrected chi connectivity index (χ1v) is 5.97. The first-order valence-electron chi connectivity index (χ1n) is 5.18. The molecule has 0 fully saturated rings. The standard InChI is InChI=1S/C10H7BrF2N6/c11-7-1-6(5-2-16-18(3-5)10(12)13)8-9(14)15-4-17-19(7)8/h1-4,10H,(H2,14,15,17). The Balaban J connectivity index is 2.24. The smallest absolute Gasteiger partial charge is 0.333 e. The molecule has 0 atom stereocenters. The summed E-state index contributed by atoms with van der Waals surface area (Å²) in [6.45, 7) is -2.68. The van der Waals surface area contributed by atoms with Crippen LogP contribution in [0, 0.1) is 0 Å². The maximum absolute atomic E-state index is 12.5. The number of hydrogen-bond donors (Lipinski definition) is 1. The van der Waals surface area contributed by atoms with Crippen LogP contribution in [0.4, 0.5) is 14.6 Å². The second-order valence-corrected chi connectivity index (χ2v) is 4.59. The Bertz CT molecular complexity index is 750. The van der Waals surface area contributed by atoms with Crippen molar-refractivity contribution >= 4 is 27.3 Å². The van der Waals surface area contributed by atoms with Gasteiger partial charge in [-0.05, 0) is 22.0 Å². The summed E-state index contributed by atoms with van der Waals surface area (Å²) in [5.41, 5.74) is 7.51. The summed E-state index contributed by atoms with van der Waals surface area (Å²) >= 11 is 3.33. The molecule has 3 rings (SSSR count). The maximum Gasteiger partial charge on any atom is 0.333 e. The molecule has 0 saturated heterocycles. The predicted octanol–water partition coefficient (Wildman–Crippen LogP) is 2.33. The molecule has 2 N–H and O–H groups in total. The summed E-state index contributed by atoms with van der Waals surface area (Å²) < 4.78 is 27.8. The summed E-state index contributed by atoms with van der Waals surface area (Å²) in [6.07, 6.45) is 3.92. The van der Waals surface area contributed by atoms with Crippen LogP contribution in [0.5, 0.6) is 0 Å². The number of rotatable bonds is 2. The highest BCUT2D eigenvalue weighted by Crippen LogP contribution is 2.32. The second-order valence-electron chi connectivity index (χ2n) is 3.77. The third-order valence-corrected chi connectivity index (χ3v) is 3.22. The van der Waals surface area contributed by atoms with Gasteiger partial charge in [-0.2, -0.15) is 19.0 Å². The van der Waals surface area contributed by atoms with Gasteiger partial charge < -0.3 is 5.73 Å². The van der Waals surface area contributed by atoms with E-state index in [0.29, 0.717) is 25.9 Å². The Morgan fingerprint density at radius 2 is 2.11 bits per heavy atom. The van der Waals surface area contributed by atoms with Crippen LogP contribution in [0.1, 0.15) is 6.55 Å². The molecule has 9 heteroatoms. The molecular weight excluding hydrogens is 322 g/mol. The van der Waals surface area contributed by atoms with Gasteiger partial charge in [0.05, 0.1) is 6.20 Å². The number of nitrogens with zero attached hydrogens (tertiary/aromatic N) is 5. The van der Waals surface area contributed by atoms with Crippen molar-refractivity contribution in [1.29, 1.82) is 0 Å². The molecule has 0 radical (unpaired) electrons. The number of aromatic nitrogens is 5. The molecule has 0 bridgehead atoms. The lowest BCUT2D eigenvalue weighted by atomic mass is 10.1. The normalized spacial score (nSPS) is 11.6. The second kappa shape index (κ2) is 4.26. The van der Waals surface area contributed by atoms with Crippen molar-refractivity contribution in [2.75, 3.05) is 5.73 Å². The van der Waals surface area contributed by atoms with Crippen molar-refractivity contribution in [1.82, 2.24) is 24.4 Å². The van der Waals surface area contributed by atoms with Gasteiger partial charge in [-0.3, -0.25) is 0 Å². The molecule has 19 heavy (non-hydrogen) atoms. The van der Waals surface area contributed by atoms with E-state index >= 15 is 0 Å². The van der Waals surface area contributed by atoms with Crippen LogP contribution in [-0.4, -0.2) is 24.4 Å². The van der Waals surface area contributed by atoms with Crippen LogP contribution in [0.3, 0.4) is 0 Å². The number of alkyl halides is 2. The Labute approximate surface area is 114 Å². The Kier molecular flexibility index (Phi) is 2.70. The van der Waals surface area contributed by atoms with Crippen molar-refractivity contribution < 1.29 is 8.78 Å². The summed E-state index contributed by atoms with van der Waals surface area (Å²) in [5.74, 6) is 0.264. The molecule has 0 saturated carbocycles. The fourth-order valence-corrected chi connectivity index (χ4v) is 2.33. The van der Waals surface area contributed by atoms with E-state index in [4.69, 9.17) is 5.73 Å². The zero-order chi connectivity index (χ0) is 13.6. The number of halogens is 3. The number of hydrogen-bond acceptors (Lipinski definition) is 4. The predicted molar refractivity (Wildman–Crippen MR) is 67.6 cm³/mol. The van der Waals surface area contributed by atoms with Gasteiger partial charge in [0, 0.05) is 17.3 Å². The Hall–Kier alpha value is -2.03. The minimum Gasteiger partial charge on any atom is -0.382 e. The zero-order valence-corrected chi connectivity index (χ0v) is 10.9.